The van der Waals surface area contributed by atoms with Crippen LogP contribution in [0.1, 0.15) is 58.3 Å². The van der Waals surface area contributed by atoms with Crippen LogP contribution in [0.4, 0.5) is 0 Å². The average molecular weight is 264 g/mol. The minimum atomic E-state index is -0.925. The van der Waals surface area contributed by atoms with E-state index < -0.39 is 11.6 Å². The average Bonchev–Trinajstić information content (AvgIpc) is 3.09. The van der Waals surface area contributed by atoms with Crippen molar-refractivity contribution in [2.45, 2.75) is 69.5 Å². The number of hydrogen-bond acceptors (Lipinski definition) is 2. The van der Waals surface area contributed by atoms with Crippen molar-refractivity contribution in [3.8, 4) is 0 Å². The quantitative estimate of drug-likeness (QED) is 0.848. The van der Waals surface area contributed by atoms with Gasteiger partial charge < -0.3 is 9.84 Å². The second kappa shape index (κ2) is 3.75. The second-order valence-corrected chi connectivity index (χ2v) is 7.89. The van der Waals surface area contributed by atoms with Crippen molar-refractivity contribution in [1.82, 2.24) is 0 Å². The Bertz CT molecular complexity index is 377. The summed E-state index contributed by atoms with van der Waals surface area (Å²) in [7, 11) is 0. The first kappa shape index (κ1) is 12.2. The molecule has 3 nitrogen and oxygen atoms in total. The second-order valence-electron chi connectivity index (χ2n) is 7.89. The van der Waals surface area contributed by atoms with E-state index in [0.717, 1.165) is 49.9 Å². The molecule has 0 aliphatic heterocycles. The van der Waals surface area contributed by atoms with Gasteiger partial charge in [-0.2, -0.15) is 0 Å². The highest BCUT2D eigenvalue weighted by Crippen LogP contribution is 2.59. The summed E-state index contributed by atoms with van der Waals surface area (Å²) in [4.78, 5) is 11.7. The lowest BCUT2D eigenvalue weighted by molar-refractivity contribution is -0.233. The van der Waals surface area contributed by atoms with Crippen LogP contribution in [0.15, 0.2) is 0 Å². The summed E-state index contributed by atoms with van der Waals surface area (Å²) in [6.07, 6.45) is 9.52. The van der Waals surface area contributed by atoms with Crippen LogP contribution in [0.2, 0.25) is 0 Å². The fraction of sp³-hybridized carbons (Fsp3) is 0.938. The summed E-state index contributed by atoms with van der Waals surface area (Å²) in [6, 6.07) is 0. The van der Waals surface area contributed by atoms with Gasteiger partial charge in [0.25, 0.3) is 0 Å². The molecule has 0 saturated heterocycles. The molecular formula is C16H24O3. The van der Waals surface area contributed by atoms with Crippen LogP contribution in [0.25, 0.3) is 0 Å². The zero-order valence-corrected chi connectivity index (χ0v) is 11.7. The van der Waals surface area contributed by atoms with Gasteiger partial charge in [-0.1, -0.05) is 0 Å². The van der Waals surface area contributed by atoms with Crippen molar-refractivity contribution < 1.29 is 14.6 Å². The maximum Gasteiger partial charge on any atom is 0.335 e. The summed E-state index contributed by atoms with van der Waals surface area (Å²) in [6.45, 7) is 1.82. The van der Waals surface area contributed by atoms with Crippen LogP contribution in [0.5, 0.6) is 0 Å². The highest BCUT2D eigenvalue weighted by molar-refractivity contribution is 5.78. The Labute approximate surface area is 114 Å². The van der Waals surface area contributed by atoms with Crippen molar-refractivity contribution in [2.24, 2.45) is 23.7 Å². The van der Waals surface area contributed by atoms with Crippen LogP contribution >= 0.6 is 0 Å². The van der Waals surface area contributed by atoms with E-state index in [1.54, 1.807) is 0 Å². The molecule has 0 aromatic rings. The minimum Gasteiger partial charge on any atom is -0.479 e. The minimum absolute atomic E-state index is 0.0928. The van der Waals surface area contributed by atoms with Gasteiger partial charge >= 0.3 is 5.97 Å². The smallest absolute Gasteiger partial charge is 0.335 e. The molecule has 1 atom stereocenters. The third kappa shape index (κ3) is 1.84. The summed E-state index contributed by atoms with van der Waals surface area (Å²) in [5.41, 5.74) is -1.02. The highest BCUT2D eigenvalue weighted by atomic mass is 16.5. The Kier molecular flexibility index (Phi) is 2.41. The molecule has 3 heteroatoms. The monoisotopic (exact) mass is 264 g/mol. The largest absolute Gasteiger partial charge is 0.479 e. The number of hydrogen-bond donors (Lipinski definition) is 1. The zero-order chi connectivity index (χ0) is 13.3. The number of aliphatic carboxylic acids is 1. The molecule has 0 radical (unpaired) electrons. The molecule has 5 aliphatic carbocycles. The molecule has 4 bridgehead atoms. The molecule has 1 N–H and O–H groups in total. The van der Waals surface area contributed by atoms with E-state index in [-0.39, 0.29) is 11.5 Å². The predicted octanol–water partition coefficient (Wildman–Crippen LogP) is 3.23. The summed E-state index contributed by atoms with van der Waals surface area (Å²) in [5.74, 6) is 1.93. The van der Waals surface area contributed by atoms with E-state index in [4.69, 9.17) is 4.74 Å². The van der Waals surface area contributed by atoms with Gasteiger partial charge in [0, 0.05) is 0 Å². The molecular weight excluding hydrogens is 240 g/mol. The molecule has 106 valence electrons. The highest BCUT2D eigenvalue weighted by Gasteiger charge is 2.58. The van der Waals surface area contributed by atoms with Crippen LogP contribution in [0, 0.1) is 23.7 Å². The fourth-order valence-electron chi connectivity index (χ4n) is 5.54. The Morgan fingerprint density at radius 3 is 1.95 bits per heavy atom. The van der Waals surface area contributed by atoms with Crippen molar-refractivity contribution >= 4 is 5.97 Å². The van der Waals surface area contributed by atoms with Gasteiger partial charge in [0.05, 0.1) is 5.60 Å². The van der Waals surface area contributed by atoms with Crippen LogP contribution in [0.3, 0.4) is 0 Å². The van der Waals surface area contributed by atoms with Gasteiger partial charge in [-0.3, -0.25) is 0 Å². The van der Waals surface area contributed by atoms with Gasteiger partial charge in [0.1, 0.15) is 0 Å². The van der Waals surface area contributed by atoms with Crippen LogP contribution in [-0.2, 0) is 9.53 Å². The zero-order valence-electron chi connectivity index (χ0n) is 11.7. The Morgan fingerprint density at radius 2 is 1.58 bits per heavy atom. The number of ether oxygens (including phenoxy) is 1. The van der Waals surface area contributed by atoms with Crippen molar-refractivity contribution in [2.75, 3.05) is 0 Å². The lowest BCUT2D eigenvalue weighted by Gasteiger charge is -2.58. The molecule has 0 spiro atoms. The van der Waals surface area contributed by atoms with Gasteiger partial charge in [0.15, 0.2) is 5.60 Å². The third-order valence-corrected chi connectivity index (χ3v) is 6.19. The third-order valence-electron chi connectivity index (χ3n) is 6.19. The van der Waals surface area contributed by atoms with E-state index in [0.29, 0.717) is 0 Å². The summed E-state index contributed by atoms with van der Waals surface area (Å²) >= 11 is 0. The molecule has 5 fully saturated rings. The fourth-order valence-corrected chi connectivity index (χ4v) is 5.54. The van der Waals surface area contributed by atoms with E-state index in [9.17, 15) is 9.90 Å². The lowest BCUT2D eigenvalue weighted by Crippen LogP contribution is -2.57. The van der Waals surface area contributed by atoms with E-state index >= 15 is 0 Å². The van der Waals surface area contributed by atoms with Crippen molar-refractivity contribution in [3.05, 3.63) is 0 Å². The van der Waals surface area contributed by atoms with E-state index in [1.165, 1.54) is 19.3 Å². The first-order valence-electron chi connectivity index (χ1n) is 7.93. The normalized spacial score (nSPS) is 47.1. The lowest BCUT2D eigenvalue weighted by atomic mass is 9.54. The maximum absolute atomic E-state index is 11.7. The Morgan fingerprint density at radius 1 is 1.11 bits per heavy atom. The maximum atomic E-state index is 11.7. The molecule has 0 aromatic carbocycles. The Balaban J connectivity index is 1.60. The van der Waals surface area contributed by atoms with Gasteiger partial charge in [-0.15, -0.1) is 0 Å². The SMILES string of the molecule is CC(OC12CC3CC(CC(C3)C1)C2)(C(=O)O)C1CC1. The van der Waals surface area contributed by atoms with Gasteiger partial charge in [0.2, 0.25) is 0 Å². The van der Waals surface area contributed by atoms with E-state index in [1.807, 2.05) is 6.92 Å². The summed E-state index contributed by atoms with van der Waals surface area (Å²) in [5, 5.41) is 9.62. The number of carboxylic acids is 1. The molecule has 0 amide bonds. The number of rotatable bonds is 4. The standard InChI is InChI=1S/C16H24O3/c1-15(14(17)18,13-2-3-13)19-16-7-10-4-11(8-16)6-12(5-10)9-16/h10-13H,2-9H2,1H3,(H,17,18). The summed E-state index contributed by atoms with van der Waals surface area (Å²) < 4.78 is 6.42. The predicted molar refractivity (Wildman–Crippen MR) is 70.8 cm³/mol. The molecule has 1 unspecified atom stereocenters. The van der Waals surface area contributed by atoms with Gasteiger partial charge in [-0.25, -0.2) is 4.79 Å². The molecule has 0 heterocycles. The van der Waals surface area contributed by atoms with Crippen molar-refractivity contribution in [1.29, 1.82) is 0 Å². The first-order chi connectivity index (χ1) is 8.99. The number of carboxylic acid groups (broad SMARTS) is 1. The number of carbonyl (C=O) groups is 1. The molecule has 0 aromatic heterocycles. The Hall–Kier alpha value is -0.570. The van der Waals surface area contributed by atoms with Crippen LogP contribution in [-0.4, -0.2) is 22.3 Å². The molecule has 5 rings (SSSR count). The van der Waals surface area contributed by atoms with Crippen molar-refractivity contribution in [3.63, 3.8) is 0 Å². The molecule has 5 aliphatic rings. The topological polar surface area (TPSA) is 46.5 Å². The first-order valence-corrected chi connectivity index (χ1v) is 7.93. The molecule has 5 saturated carbocycles. The van der Waals surface area contributed by atoms with E-state index in [2.05, 4.69) is 0 Å². The molecule has 19 heavy (non-hydrogen) atoms. The van der Waals surface area contributed by atoms with Crippen LogP contribution < -0.4 is 0 Å². The van der Waals surface area contributed by atoms with Gasteiger partial charge in [-0.05, 0) is 82.0 Å².